The first-order valence-corrected chi connectivity index (χ1v) is 5.44. The standard InChI is InChI=1S/C12H15N3O2/c1-3-17-12(16)11-10(14-2)9(13)8-6-4-5-7-15(8)11/h4-7,14H,3,13H2,1-2H3. The summed E-state index contributed by atoms with van der Waals surface area (Å²) in [6.45, 7) is 2.11. The van der Waals surface area contributed by atoms with Crippen LogP contribution in [0.2, 0.25) is 0 Å². The van der Waals surface area contributed by atoms with Crippen molar-refractivity contribution < 1.29 is 9.53 Å². The molecule has 3 N–H and O–H groups in total. The van der Waals surface area contributed by atoms with Crippen LogP contribution in [0.1, 0.15) is 17.4 Å². The number of esters is 1. The fourth-order valence-electron chi connectivity index (χ4n) is 1.89. The Kier molecular flexibility index (Phi) is 2.91. The van der Waals surface area contributed by atoms with E-state index in [-0.39, 0.29) is 5.97 Å². The molecule has 0 fully saturated rings. The minimum atomic E-state index is -0.380. The van der Waals surface area contributed by atoms with Crippen LogP contribution in [-0.2, 0) is 4.74 Å². The zero-order chi connectivity index (χ0) is 12.4. The molecule has 0 saturated heterocycles. The SMILES string of the molecule is CCOC(=O)c1c(NC)c(N)c2ccccn12. The number of pyridine rings is 1. The third-order valence-electron chi connectivity index (χ3n) is 2.60. The molecule has 0 bridgehead atoms. The van der Waals surface area contributed by atoms with Crippen LogP contribution < -0.4 is 11.1 Å². The van der Waals surface area contributed by atoms with Crippen LogP contribution in [0.25, 0.3) is 5.52 Å². The van der Waals surface area contributed by atoms with Crippen molar-refractivity contribution in [3.8, 4) is 0 Å². The van der Waals surface area contributed by atoms with Gasteiger partial charge in [-0.25, -0.2) is 4.79 Å². The Morgan fingerprint density at radius 3 is 2.94 bits per heavy atom. The van der Waals surface area contributed by atoms with E-state index in [1.807, 2.05) is 18.2 Å². The van der Waals surface area contributed by atoms with Crippen molar-refractivity contribution in [3.05, 3.63) is 30.1 Å². The lowest BCUT2D eigenvalue weighted by Gasteiger charge is -2.05. The second-order valence-electron chi connectivity index (χ2n) is 3.56. The molecule has 0 saturated carbocycles. The van der Waals surface area contributed by atoms with E-state index >= 15 is 0 Å². The molecule has 0 unspecified atom stereocenters. The van der Waals surface area contributed by atoms with Crippen LogP contribution in [0.3, 0.4) is 0 Å². The number of carbonyl (C=O) groups excluding carboxylic acids is 1. The van der Waals surface area contributed by atoms with Gasteiger partial charge in [0.25, 0.3) is 0 Å². The van der Waals surface area contributed by atoms with E-state index in [1.54, 1.807) is 24.6 Å². The number of hydrogen-bond donors (Lipinski definition) is 2. The summed E-state index contributed by atoms with van der Waals surface area (Å²) in [5.74, 6) is -0.380. The molecule has 2 aromatic heterocycles. The quantitative estimate of drug-likeness (QED) is 0.792. The molecule has 2 aromatic rings. The Labute approximate surface area is 99.2 Å². The lowest BCUT2D eigenvalue weighted by molar-refractivity contribution is 0.0519. The number of anilines is 2. The van der Waals surface area contributed by atoms with Crippen LogP contribution in [0.4, 0.5) is 11.4 Å². The van der Waals surface area contributed by atoms with Gasteiger partial charge in [-0.05, 0) is 19.1 Å². The summed E-state index contributed by atoms with van der Waals surface area (Å²) in [4.78, 5) is 11.9. The van der Waals surface area contributed by atoms with Crippen LogP contribution in [0, 0.1) is 0 Å². The molecule has 2 rings (SSSR count). The van der Waals surface area contributed by atoms with Crippen molar-refractivity contribution in [1.82, 2.24) is 4.40 Å². The number of aromatic nitrogens is 1. The van der Waals surface area contributed by atoms with E-state index in [0.29, 0.717) is 23.7 Å². The Hall–Kier alpha value is -2.17. The molecule has 5 heteroatoms. The highest BCUT2D eigenvalue weighted by molar-refractivity contribution is 6.02. The maximum atomic E-state index is 11.9. The van der Waals surface area contributed by atoms with Crippen LogP contribution in [0.15, 0.2) is 24.4 Å². The minimum absolute atomic E-state index is 0.335. The average Bonchev–Trinajstić information content (AvgIpc) is 2.63. The number of rotatable bonds is 3. The number of nitrogens with one attached hydrogen (secondary N) is 1. The van der Waals surface area contributed by atoms with Gasteiger partial charge in [0.1, 0.15) is 0 Å². The van der Waals surface area contributed by atoms with E-state index in [4.69, 9.17) is 10.5 Å². The van der Waals surface area contributed by atoms with Gasteiger partial charge >= 0.3 is 5.97 Å². The van der Waals surface area contributed by atoms with Gasteiger partial charge in [0.15, 0.2) is 5.69 Å². The van der Waals surface area contributed by atoms with Gasteiger partial charge in [-0.1, -0.05) is 6.07 Å². The van der Waals surface area contributed by atoms with Gasteiger partial charge in [-0.3, -0.25) is 0 Å². The number of nitrogen functional groups attached to an aromatic ring is 1. The van der Waals surface area contributed by atoms with Gasteiger partial charge in [-0.15, -0.1) is 0 Å². The maximum Gasteiger partial charge on any atom is 0.357 e. The molecule has 17 heavy (non-hydrogen) atoms. The van der Waals surface area contributed by atoms with Gasteiger partial charge in [-0.2, -0.15) is 0 Å². The van der Waals surface area contributed by atoms with Crippen molar-refractivity contribution in [2.24, 2.45) is 0 Å². The number of hydrogen-bond acceptors (Lipinski definition) is 4. The number of fused-ring (bicyclic) bond motifs is 1. The second kappa shape index (κ2) is 4.37. The predicted molar refractivity (Wildman–Crippen MR) is 67.3 cm³/mol. The summed E-state index contributed by atoms with van der Waals surface area (Å²) in [5, 5.41) is 2.95. The van der Waals surface area contributed by atoms with Crippen molar-refractivity contribution in [1.29, 1.82) is 0 Å². The Balaban J connectivity index is 2.71. The Morgan fingerprint density at radius 1 is 1.53 bits per heavy atom. The summed E-state index contributed by atoms with van der Waals surface area (Å²) in [6.07, 6.45) is 1.79. The topological polar surface area (TPSA) is 68.8 Å². The van der Waals surface area contributed by atoms with Gasteiger partial charge in [0.05, 0.1) is 23.5 Å². The smallest absolute Gasteiger partial charge is 0.357 e. The second-order valence-corrected chi connectivity index (χ2v) is 3.56. The first-order chi connectivity index (χ1) is 8.20. The first-order valence-electron chi connectivity index (χ1n) is 5.44. The molecule has 2 heterocycles. The van der Waals surface area contributed by atoms with E-state index in [2.05, 4.69) is 5.32 Å². The van der Waals surface area contributed by atoms with E-state index < -0.39 is 0 Å². The number of carbonyl (C=O) groups is 1. The molecule has 90 valence electrons. The lowest BCUT2D eigenvalue weighted by atomic mass is 10.3. The summed E-state index contributed by atoms with van der Waals surface area (Å²) in [6, 6.07) is 5.58. The molecule has 0 aliphatic carbocycles. The van der Waals surface area contributed by atoms with Crippen LogP contribution >= 0.6 is 0 Å². The molecule has 0 atom stereocenters. The molecular formula is C12H15N3O2. The molecule has 0 aromatic carbocycles. The molecule has 0 amide bonds. The van der Waals surface area contributed by atoms with E-state index in [0.717, 1.165) is 5.52 Å². The molecular weight excluding hydrogens is 218 g/mol. The highest BCUT2D eigenvalue weighted by atomic mass is 16.5. The summed E-state index contributed by atoms with van der Waals surface area (Å²) in [5.41, 5.74) is 8.38. The third-order valence-corrected chi connectivity index (χ3v) is 2.60. The maximum absolute atomic E-state index is 11.9. The molecule has 0 aliphatic heterocycles. The molecule has 0 radical (unpaired) electrons. The largest absolute Gasteiger partial charge is 0.461 e. The molecule has 0 spiro atoms. The van der Waals surface area contributed by atoms with Crippen LogP contribution in [-0.4, -0.2) is 24.0 Å². The number of nitrogens with zero attached hydrogens (tertiary/aromatic N) is 1. The first kappa shape index (κ1) is 11.3. The zero-order valence-electron chi connectivity index (χ0n) is 9.86. The van der Waals surface area contributed by atoms with Gasteiger partial charge in [0.2, 0.25) is 0 Å². The summed E-state index contributed by atoms with van der Waals surface area (Å²) < 4.78 is 6.77. The minimum Gasteiger partial charge on any atom is -0.461 e. The van der Waals surface area contributed by atoms with Crippen molar-refractivity contribution in [2.75, 3.05) is 24.7 Å². The fourth-order valence-corrected chi connectivity index (χ4v) is 1.89. The fraction of sp³-hybridized carbons (Fsp3) is 0.250. The van der Waals surface area contributed by atoms with Gasteiger partial charge < -0.3 is 20.2 Å². The lowest BCUT2D eigenvalue weighted by Crippen LogP contribution is -2.10. The monoisotopic (exact) mass is 233 g/mol. The van der Waals surface area contributed by atoms with Crippen molar-refractivity contribution in [2.45, 2.75) is 6.92 Å². The molecule has 0 aliphatic rings. The predicted octanol–water partition coefficient (Wildman–Crippen LogP) is 1.74. The van der Waals surface area contributed by atoms with Crippen LogP contribution in [0.5, 0.6) is 0 Å². The summed E-state index contributed by atoms with van der Waals surface area (Å²) >= 11 is 0. The highest BCUT2D eigenvalue weighted by Crippen LogP contribution is 2.31. The molecule has 5 nitrogen and oxygen atoms in total. The van der Waals surface area contributed by atoms with E-state index in [9.17, 15) is 4.79 Å². The zero-order valence-corrected chi connectivity index (χ0v) is 9.86. The summed E-state index contributed by atoms with van der Waals surface area (Å²) in [7, 11) is 1.73. The average molecular weight is 233 g/mol. The number of nitrogens with two attached hydrogens (primary N) is 1. The Morgan fingerprint density at radius 2 is 2.29 bits per heavy atom. The Bertz CT molecular complexity index is 560. The van der Waals surface area contributed by atoms with Crippen molar-refractivity contribution >= 4 is 22.9 Å². The normalized spacial score (nSPS) is 10.5. The van der Waals surface area contributed by atoms with Gasteiger partial charge in [0, 0.05) is 13.2 Å². The van der Waals surface area contributed by atoms with Crippen molar-refractivity contribution in [3.63, 3.8) is 0 Å². The number of ether oxygens (including phenoxy) is 1. The van der Waals surface area contributed by atoms with E-state index in [1.165, 1.54) is 0 Å². The third kappa shape index (κ3) is 1.69. The highest BCUT2D eigenvalue weighted by Gasteiger charge is 2.21.